The highest BCUT2D eigenvalue weighted by molar-refractivity contribution is 7.99. The van der Waals surface area contributed by atoms with Crippen LogP contribution in [0.3, 0.4) is 0 Å². The van der Waals surface area contributed by atoms with Crippen LogP contribution in [0.25, 0.3) is 0 Å². The molecule has 0 unspecified atom stereocenters. The average molecular weight is 213 g/mol. The highest BCUT2D eigenvalue weighted by Gasteiger charge is 2.21. The average Bonchev–Trinajstić information content (AvgIpc) is 2.87. The van der Waals surface area contributed by atoms with Gasteiger partial charge in [-0.05, 0) is 0 Å². The predicted molar refractivity (Wildman–Crippen MR) is 52.6 cm³/mol. The van der Waals surface area contributed by atoms with Crippen molar-refractivity contribution in [3.8, 4) is 0 Å². The van der Waals surface area contributed by atoms with Crippen LogP contribution in [0.4, 0.5) is 0 Å². The number of amides is 1. The van der Waals surface area contributed by atoms with Gasteiger partial charge < -0.3 is 9.84 Å². The number of hydrogen-bond acceptors (Lipinski definition) is 5. The van der Waals surface area contributed by atoms with Crippen LogP contribution in [0.1, 0.15) is 5.69 Å². The number of hydrogen-bond donors (Lipinski definition) is 2. The summed E-state index contributed by atoms with van der Waals surface area (Å²) < 4.78 is 4.65. The van der Waals surface area contributed by atoms with Crippen LogP contribution in [0.5, 0.6) is 0 Å². The van der Waals surface area contributed by atoms with Gasteiger partial charge in [0, 0.05) is 17.7 Å². The Labute approximate surface area is 85.6 Å². The van der Waals surface area contributed by atoms with E-state index in [-0.39, 0.29) is 11.9 Å². The zero-order valence-electron chi connectivity index (χ0n) is 7.53. The SMILES string of the molecule is O=C(NCc1ccon1)[C@H]1CSCN1. The molecule has 2 N–H and O–H groups in total. The monoisotopic (exact) mass is 213 g/mol. The Hall–Kier alpha value is -1.01. The molecule has 14 heavy (non-hydrogen) atoms. The van der Waals surface area contributed by atoms with Gasteiger partial charge in [-0.25, -0.2) is 0 Å². The molecule has 1 aliphatic rings. The van der Waals surface area contributed by atoms with Gasteiger partial charge in [0.15, 0.2) is 0 Å². The minimum atomic E-state index is -0.0631. The summed E-state index contributed by atoms with van der Waals surface area (Å²) in [5, 5.41) is 9.58. The van der Waals surface area contributed by atoms with Crippen LogP contribution in [-0.4, -0.2) is 28.7 Å². The van der Waals surface area contributed by atoms with E-state index in [0.29, 0.717) is 6.54 Å². The molecule has 1 aliphatic heterocycles. The highest BCUT2D eigenvalue weighted by atomic mass is 32.2. The van der Waals surface area contributed by atoms with Crippen molar-refractivity contribution in [1.82, 2.24) is 15.8 Å². The fourth-order valence-electron chi connectivity index (χ4n) is 1.19. The normalized spacial score (nSPS) is 21.0. The third-order valence-corrected chi connectivity index (χ3v) is 2.91. The Morgan fingerprint density at radius 3 is 3.43 bits per heavy atom. The smallest absolute Gasteiger partial charge is 0.238 e. The van der Waals surface area contributed by atoms with Gasteiger partial charge in [0.25, 0.3) is 0 Å². The summed E-state index contributed by atoms with van der Waals surface area (Å²) in [5.41, 5.74) is 0.740. The maximum absolute atomic E-state index is 11.5. The van der Waals surface area contributed by atoms with E-state index in [4.69, 9.17) is 0 Å². The number of rotatable bonds is 3. The van der Waals surface area contributed by atoms with Crippen LogP contribution < -0.4 is 10.6 Å². The molecule has 1 atom stereocenters. The molecule has 1 saturated heterocycles. The van der Waals surface area contributed by atoms with E-state index in [9.17, 15) is 4.79 Å². The van der Waals surface area contributed by atoms with Crippen molar-refractivity contribution in [3.05, 3.63) is 18.0 Å². The molecule has 0 aromatic carbocycles. The zero-order chi connectivity index (χ0) is 9.80. The first-order valence-electron chi connectivity index (χ1n) is 4.34. The maximum atomic E-state index is 11.5. The highest BCUT2D eigenvalue weighted by Crippen LogP contribution is 2.09. The summed E-state index contributed by atoms with van der Waals surface area (Å²) in [6.07, 6.45) is 1.49. The Morgan fingerprint density at radius 2 is 2.79 bits per heavy atom. The molecular formula is C8H11N3O2S. The zero-order valence-corrected chi connectivity index (χ0v) is 8.34. The molecule has 0 aliphatic carbocycles. The van der Waals surface area contributed by atoms with E-state index in [0.717, 1.165) is 17.3 Å². The minimum Gasteiger partial charge on any atom is -0.364 e. The fourth-order valence-corrected chi connectivity index (χ4v) is 2.14. The van der Waals surface area contributed by atoms with Gasteiger partial charge in [-0.3, -0.25) is 10.1 Å². The van der Waals surface area contributed by atoms with Gasteiger partial charge in [0.1, 0.15) is 12.0 Å². The van der Waals surface area contributed by atoms with Gasteiger partial charge in [0.05, 0.1) is 12.6 Å². The van der Waals surface area contributed by atoms with Gasteiger partial charge in [-0.2, -0.15) is 0 Å². The Bertz CT molecular complexity index is 296. The maximum Gasteiger partial charge on any atom is 0.238 e. The summed E-state index contributed by atoms with van der Waals surface area (Å²) in [7, 11) is 0. The van der Waals surface area contributed by atoms with E-state index in [1.807, 2.05) is 0 Å². The molecule has 1 amide bonds. The van der Waals surface area contributed by atoms with E-state index >= 15 is 0 Å². The molecule has 1 aromatic rings. The molecule has 0 spiro atoms. The van der Waals surface area contributed by atoms with E-state index < -0.39 is 0 Å². The molecule has 2 heterocycles. The lowest BCUT2D eigenvalue weighted by molar-refractivity contribution is -0.122. The number of nitrogens with zero attached hydrogens (tertiary/aromatic N) is 1. The molecule has 0 bridgehead atoms. The number of nitrogens with one attached hydrogen (secondary N) is 2. The van der Waals surface area contributed by atoms with Gasteiger partial charge in [0.2, 0.25) is 5.91 Å². The first kappa shape index (κ1) is 9.54. The summed E-state index contributed by atoms with van der Waals surface area (Å²) in [6.45, 7) is 0.429. The molecule has 76 valence electrons. The van der Waals surface area contributed by atoms with Crippen molar-refractivity contribution in [1.29, 1.82) is 0 Å². The summed E-state index contributed by atoms with van der Waals surface area (Å²) >= 11 is 1.73. The molecule has 5 nitrogen and oxygen atoms in total. The topological polar surface area (TPSA) is 67.2 Å². The number of carbonyl (C=O) groups is 1. The van der Waals surface area contributed by atoms with E-state index in [2.05, 4.69) is 20.3 Å². The standard InChI is InChI=1S/C8H11N3O2S/c12-8(7-4-14-5-10-7)9-3-6-1-2-13-11-6/h1-2,7,10H,3-5H2,(H,9,12)/t7-/m1/s1. The number of thioether (sulfide) groups is 1. The molecule has 1 aromatic heterocycles. The second-order valence-corrected chi connectivity index (χ2v) is 4.01. The lowest BCUT2D eigenvalue weighted by atomic mass is 10.3. The largest absolute Gasteiger partial charge is 0.364 e. The fraction of sp³-hybridized carbons (Fsp3) is 0.500. The van der Waals surface area contributed by atoms with Crippen molar-refractivity contribution in [3.63, 3.8) is 0 Å². The summed E-state index contributed by atoms with van der Waals surface area (Å²) in [6, 6.07) is 1.67. The molecule has 0 saturated carbocycles. The first-order chi connectivity index (χ1) is 6.86. The van der Waals surface area contributed by atoms with Gasteiger partial charge >= 0.3 is 0 Å². The quantitative estimate of drug-likeness (QED) is 0.737. The van der Waals surface area contributed by atoms with Gasteiger partial charge in [-0.15, -0.1) is 11.8 Å². The molecule has 0 radical (unpaired) electrons. The third-order valence-electron chi connectivity index (χ3n) is 1.97. The van der Waals surface area contributed by atoms with Crippen LogP contribution in [-0.2, 0) is 11.3 Å². The van der Waals surface area contributed by atoms with E-state index in [1.54, 1.807) is 17.8 Å². The second kappa shape index (κ2) is 4.47. The van der Waals surface area contributed by atoms with Crippen molar-refractivity contribution in [2.45, 2.75) is 12.6 Å². The van der Waals surface area contributed by atoms with Crippen molar-refractivity contribution >= 4 is 17.7 Å². The van der Waals surface area contributed by atoms with Gasteiger partial charge in [-0.1, -0.05) is 5.16 Å². The number of aromatic nitrogens is 1. The van der Waals surface area contributed by atoms with Crippen LogP contribution in [0, 0.1) is 0 Å². The molecule has 1 fully saturated rings. The Morgan fingerprint density at radius 1 is 1.86 bits per heavy atom. The summed E-state index contributed by atoms with van der Waals surface area (Å²) in [4.78, 5) is 11.5. The molecule has 6 heteroatoms. The lowest BCUT2D eigenvalue weighted by Gasteiger charge is -2.08. The van der Waals surface area contributed by atoms with E-state index in [1.165, 1.54) is 6.26 Å². The number of carbonyl (C=O) groups excluding carboxylic acids is 1. The Balaban J connectivity index is 1.77. The summed E-state index contributed by atoms with van der Waals surface area (Å²) in [5.74, 6) is 1.71. The molecular weight excluding hydrogens is 202 g/mol. The van der Waals surface area contributed by atoms with Crippen LogP contribution in [0.15, 0.2) is 16.9 Å². The first-order valence-corrected chi connectivity index (χ1v) is 5.50. The van der Waals surface area contributed by atoms with Crippen LogP contribution >= 0.6 is 11.8 Å². The third kappa shape index (κ3) is 2.27. The van der Waals surface area contributed by atoms with Crippen molar-refractivity contribution < 1.29 is 9.32 Å². The molecule has 2 rings (SSSR count). The van der Waals surface area contributed by atoms with Crippen molar-refractivity contribution in [2.75, 3.05) is 11.6 Å². The Kier molecular flexibility index (Phi) is 3.05. The minimum absolute atomic E-state index is 0.0259. The predicted octanol–water partition coefficient (Wildman–Crippen LogP) is -0.0467. The van der Waals surface area contributed by atoms with Crippen molar-refractivity contribution in [2.24, 2.45) is 0 Å². The second-order valence-electron chi connectivity index (χ2n) is 2.98. The lowest BCUT2D eigenvalue weighted by Crippen LogP contribution is -2.41. The van der Waals surface area contributed by atoms with Crippen LogP contribution in [0.2, 0.25) is 0 Å².